The van der Waals surface area contributed by atoms with Crippen LogP contribution in [0.5, 0.6) is 0 Å². The van der Waals surface area contributed by atoms with Gasteiger partial charge in [0.2, 0.25) is 21.8 Å². The third kappa shape index (κ3) is 9.14. The molecule has 0 aliphatic heterocycles. The number of sulfonamides is 1. The number of nitro benzene ring substituents is 1. The van der Waals surface area contributed by atoms with Gasteiger partial charge in [0.1, 0.15) is 12.6 Å². The maximum atomic E-state index is 14.1. The van der Waals surface area contributed by atoms with E-state index in [-0.39, 0.29) is 36.2 Å². The Hall–Kier alpha value is -4.25. The molecule has 0 saturated carbocycles. The van der Waals surface area contributed by atoms with E-state index in [4.69, 9.17) is 0 Å². The molecule has 0 spiro atoms. The van der Waals surface area contributed by atoms with Crippen LogP contribution in [-0.2, 0) is 32.6 Å². The number of hydrogen-bond donors (Lipinski definition) is 1. The second kappa shape index (κ2) is 13.9. The number of benzene rings is 3. The molecule has 11 heteroatoms. The highest BCUT2D eigenvalue weighted by Gasteiger charge is 2.33. The summed E-state index contributed by atoms with van der Waals surface area (Å²) in [5, 5.41) is 14.3. The maximum absolute atomic E-state index is 14.1. The van der Waals surface area contributed by atoms with Gasteiger partial charge in [0.05, 0.1) is 16.9 Å². The molecule has 10 nitrogen and oxygen atoms in total. The van der Waals surface area contributed by atoms with Gasteiger partial charge in [-0.05, 0) is 30.0 Å². The van der Waals surface area contributed by atoms with Crippen molar-refractivity contribution in [3.05, 3.63) is 106 Å². The molecule has 0 aliphatic rings. The van der Waals surface area contributed by atoms with Gasteiger partial charge in [-0.15, -0.1) is 0 Å². The molecule has 0 saturated heterocycles. The topological polar surface area (TPSA) is 130 Å². The van der Waals surface area contributed by atoms with Gasteiger partial charge < -0.3 is 10.2 Å². The predicted octanol–water partition coefficient (Wildman–Crippen LogP) is 4.08. The van der Waals surface area contributed by atoms with Crippen LogP contribution in [0, 0.1) is 23.0 Å². The van der Waals surface area contributed by atoms with E-state index in [9.17, 15) is 28.1 Å². The van der Waals surface area contributed by atoms with Crippen molar-refractivity contribution in [3.63, 3.8) is 0 Å². The number of rotatable bonds is 13. The first-order chi connectivity index (χ1) is 19.3. The fourth-order valence-corrected chi connectivity index (χ4v) is 5.20. The maximum Gasteiger partial charge on any atom is 0.271 e. The SMILES string of the molecule is Cc1cccc(CN(C(=O)CN(c2cccc([N+](=O)[O-])c2)S(C)(=O)=O)[C@@H](Cc2ccccc2)C(=O)NCC(C)C)c1. The number of nitro groups is 1. The van der Waals surface area contributed by atoms with E-state index >= 15 is 0 Å². The number of aryl methyl sites for hydroxylation is 1. The van der Waals surface area contributed by atoms with Gasteiger partial charge in [0, 0.05) is 31.6 Å². The van der Waals surface area contributed by atoms with E-state index < -0.39 is 33.4 Å². The van der Waals surface area contributed by atoms with Gasteiger partial charge in [-0.25, -0.2) is 8.42 Å². The fourth-order valence-electron chi connectivity index (χ4n) is 4.36. The summed E-state index contributed by atoms with van der Waals surface area (Å²) in [6, 6.07) is 20.9. The van der Waals surface area contributed by atoms with Crippen molar-refractivity contribution in [1.29, 1.82) is 0 Å². The van der Waals surface area contributed by atoms with Crippen molar-refractivity contribution in [2.24, 2.45) is 5.92 Å². The summed E-state index contributed by atoms with van der Waals surface area (Å²) in [7, 11) is -4.03. The predicted molar refractivity (Wildman–Crippen MR) is 159 cm³/mol. The Morgan fingerprint density at radius 3 is 2.22 bits per heavy atom. The van der Waals surface area contributed by atoms with E-state index in [2.05, 4.69) is 5.32 Å². The summed E-state index contributed by atoms with van der Waals surface area (Å²) >= 11 is 0. The molecule has 1 N–H and O–H groups in total. The van der Waals surface area contributed by atoms with Gasteiger partial charge in [-0.2, -0.15) is 0 Å². The molecule has 41 heavy (non-hydrogen) atoms. The monoisotopic (exact) mass is 580 g/mol. The molecular formula is C30H36N4O6S. The zero-order valence-electron chi connectivity index (χ0n) is 23.7. The molecule has 0 aliphatic carbocycles. The van der Waals surface area contributed by atoms with Crippen LogP contribution >= 0.6 is 0 Å². The minimum absolute atomic E-state index is 0.0191. The molecule has 0 fully saturated rings. The van der Waals surface area contributed by atoms with Crippen LogP contribution in [0.25, 0.3) is 0 Å². The van der Waals surface area contributed by atoms with Crippen molar-refractivity contribution >= 4 is 33.2 Å². The van der Waals surface area contributed by atoms with Crippen LogP contribution in [0.4, 0.5) is 11.4 Å². The first-order valence-corrected chi connectivity index (χ1v) is 15.1. The average Bonchev–Trinajstić information content (AvgIpc) is 2.92. The lowest BCUT2D eigenvalue weighted by Crippen LogP contribution is -2.53. The highest BCUT2D eigenvalue weighted by Crippen LogP contribution is 2.24. The van der Waals surface area contributed by atoms with E-state index in [0.717, 1.165) is 33.3 Å². The summed E-state index contributed by atoms with van der Waals surface area (Å²) in [6.07, 6.45) is 1.14. The van der Waals surface area contributed by atoms with Crippen LogP contribution in [0.1, 0.15) is 30.5 Å². The first-order valence-electron chi connectivity index (χ1n) is 13.2. The zero-order chi connectivity index (χ0) is 30.2. The Morgan fingerprint density at radius 2 is 1.61 bits per heavy atom. The highest BCUT2D eigenvalue weighted by molar-refractivity contribution is 7.92. The number of amides is 2. The summed E-state index contributed by atoms with van der Waals surface area (Å²) in [6.45, 7) is 5.66. The Kier molecular flexibility index (Phi) is 10.6. The van der Waals surface area contributed by atoms with Crippen LogP contribution in [0.15, 0.2) is 78.9 Å². The second-order valence-electron chi connectivity index (χ2n) is 10.4. The molecule has 3 aromatic carbocycles. The minimum atomic E-state index is -4.03. The lowest BCUT2D eigenvalue weighted by Gasteiger charge is -2.33. The first kappa shape index (κ1) is 31.3. The van der Waals surface area contributed by atoms with Crippen LogP contribution in [0.2, 0.25) is 0 Å². The van der Waals surface area contributed by atoms with Gasteiger partial charge in [0.15, 0.2) is 0 Å². The van der Waals surface area contributed by atoms with Gasteiger partial charge in [0.25, 0.3) is 5.69 Å². The highest BCUT2D eigenvalue weighted by atomic mass is 32.2. The number of hydrogen-bond acceptors (Lipinski definition) is 6. The molecule has 0 unspecified atom stereocenters. The molecule has 2 amide bonds. The van der Waals surface area contributed by atoms with E-state index in [0.29, 0.717) is 6.54 Å². The molecule has 218 valence electrons. The number of carbonyl (C=O) groups excluding carboxylic acids is 2. The number of non-ortho nitro benzene ring substituents is 1. The summed E-state index contributed by atoms with van der Waals surface area (Å²) in [5.41, 5.74) is 2.24. The lowest BCUT2D eigenvalue weighted by atomic mass is 10.0. The molecular weight excluding hydrogens is 544 g/mol. The minimum Gasteiger partial charge on any atom is -0.354 e. The standard InChI is InChI=1S/C30H36N4O6S/c1-22(2)19-31-30(36)28(17-24-11-6-5-7-12-24)32(20-25-13-8-10-23(3)16-25)29(35)21-33(41(4,39)40)26-14-9-15-27(18-26)34(37)38/h5-16,18,22,28H,17,19-21H2,1-4H3,(H,31,36)/t28-/m0/s1. The van der Waals surface area contributed by atoms with Crippen LogP contribution in [-0.4, -0.2) is 55.4 Å². The van der Waals surface area contributed by atoms with E-state index in [1.807, 2.05) is 75.4 Å². The van der Waals surface area contributed by atoms with Crippen molar-refractivity contribution in [1.82, 2.24) is 10.2 Å². The second-order valence-corrected chi connectivity index (χ2v) is 12.3. The van der Waals surface area contributed by atoms with Crippen LogP contribution < -0.4 is 9.62 Å². The number of carbonyl (C=O) groups is 2. The van der Waals surface area contributed by atoms with Gasteiger partial charge >= 0.3 is 0 Å². The fraction of sp³-hybridized carbons (Fsp3) is 0.333. The Labute approximate surface area is 241 Å². The van der Waals surface area contributed by atoms with Crippen molar-refractivity contribution in [2.75, 3.05) is 23.7 Å². The molecule has 0 bridgehead atoms. The molecule has 0 radical (unpaired) electrons. The summed E-state index contributed by atoms with van der Waals surface area (Å²) in [5.74, 6) is -0.805. The molecule has 1 atom stereocenters. The Bertz CT molecular complexity index is 1480. The summed E-state index contributed by atoms with van der Waals surface area (Å²) in [4.78, 5) is 39.8. The number of nitrogens with zero attached hydrogens (tertiary/aromatic N) is 3. The van der Waals surface area contributed by atoms with Crippen molar-refractivity contribution < 1.29 is 22.9 Å². The lowest BCUT2D eigenvalue weighted by molar-refractivity contribution is -0.384. The summed E-state index contributed by atoms with van der Waals surface area (Å²) < 4.78 is 26.5. The molecule has 3 rings (SSSR count). The largest absolute Gasteiger partial charge is 0.354 e. The molecule has 0 aromatic heterocycles. The van der Waals surface area contributed by atoms with Crippen molar-refractivity contribution in [2.45, 2.75) is 39.8 Å². The quantitative estimate of drug-likeness (QED) is 0.240. The van der Waals surface area contributed by atoms with Gasteiger partial charge in [-0.1, -0.05) is 80.1 Å². The number of anilines is 1. The third-order valence-electron chi connectivity index (χ3n) is 6.40. The normalized spacial score (nSPS) is 12.0. The Morgan fingerprint density at radius 1 is 0.951 bits per heavy atom. The van der Waals surface area contributed by atoms with Gasteiger partial charge in [-0.3, -0.25) is 24.0 Å². The van der Waals surface area contributed by atoms with E-state index in [1.165, 1.54) is 23.1 Å². The van der Waals surface area contributed by atoms with E-state index in [1.54, 1.807) is 0 Å². The van der Waals surface area contributed by atoms with Crippen molar-refractivity contribution in [3.8, 4) is 0 Å². The number of nitrogens with one attached hydrogen (secondary N) is 1. The molecule has 3 aromatic rings. The zero-order valence-corrected chi connectivity index (χ0v) is 24.5. The smallest absolute Gasteiger partial charge is 0.271 e. The molecule has 0 heterocycles. The average molecular weight is 581 g/mol. The van der Waals surface area contributed by atoms with Crippen LogP contribution in [0.3, 0.4) is 0 Å². The Balaban J connectivity index is 2.07. The third-order valence-corrected chi connectivity index (χ3v) is 7.54.